The highest BCUT2D eigenvalue weighted by Crippen LogP contribution is 2.26. The summed E-state index contributed by atoms with van der Waals surface area (Å²) in [4.78, 5) is 51.4. The molecule has 0 radical (unpaired) electrons. The Balaban J connectivity index is 2.05. The maximum atomic E-state index is 14.2. The molecule has 0 fully saturated rings. The van der Waals surface area contributed by atoms with Gasteiger partial charge >= 0.3 is 18.2 Å². The van der Waals surface area contributed by atoms with Crippen molar-refractivity contribution in [3.8, 4) is 0 Å². The molecule has 280 valence electrons. The molecule has 0 aliphatic carbocycles. The number of guanidine groups is 1. The van der Waals surface area contributed by atoms with E-state index in [9.17, 15) is 27.6 Å². The molecule has 52 heavy (non-hydrogen) atoms. The van der Waals surface area contributed by atoms with E-state index in [-0.39, 0.29) is 35.9 Å². The van der Waals surface area contributed by atoms with Crippen LogP contribution in [-0.2, 0) is 46.7 Å². The number of carbonyl (C=O) groups excluding carboxylic acids is 4. The normalized spacial score (nSPS) is 12.1. The third-order valence-electron chi connectivity index (χ3n) is 6.66. The molecule has 0 aromatic heterocycles. The molecule has 1 unspecified atom stereocenters. The minimum atomic E-state index is -4.51. The highest BCUT2D eigenvalue weighted by Gasteiger charge is 2.29. The van der Waals surface area contributed by atoms with E-state index < -0.39 is 51.4 Å². The molecule has 3 aromatic rings. The van der Waals surface area contributed by atoms with Crippen molar-refractivity contribution in [2.45, 2.75) is 89.9 Å². The lowest BCUT2D eigenvalue weighted by atomic mass is 10.0. The summed E-state index contributed by atoms with van der Waals surface area (Å²) in [5.74, 6) is -1.66. The van der Waals surface area contributed by atoms with Crippen molar-refractivity contribution in [1.29, 1.82) is 0 Å². The summed E-state index contributed by atoms with van der Waals surface area (Å²) in [6.07, 6.45) is -1.55. The first-order chi connectivity index (χ1) is 24.4. The van der Waals surface area contributed by atoms with Crippen molar-refractivity contribution in [3.05, 3.63) is 96.1 Å². The number of aryl methyl sites for hydroxylation is 1. The summed E-state index contributed by atoms with van der Waals surface area (Å²) in [5.41, 5.74) is -0.534. The first-order valence-corrected chi connectivity index (χ1v) is 18.1. The van der Waals surface area contributed by atoms with Gasteiger partial charge in [-0.1, -0.05) is 60.7 Å². The molecule has 3 aromatic carbocycles. The molecule has 15 heteroatoms. The van der Waals surface area contributed by atoms with Gasteiger partial charge < -0.3 is 19.5 Å². The van der Waals surface area contributed by atoms with Gasteiger partial charge in [0.05, 0.1) is 17.2 Å². The third kappa shape index (κ3) is 13.7. The number of rotatable bonds is 12. The Labute approximate surface area is 305 Å². The van der Waals surface area contributed by atoms with Crippen molar-refractivity contribution in [3.63, 3.8) is 0 Å². The lowest BCUT2D eigenvalue weighted by Gasteiger charge is -2.24. The minimum Gasteiger partial charge on any atom is -0.464 e. The Hall–Kier alpha value is -5.44. The average Bonchev–Trinajstić information content (AvgIpc) is 3.05. The standard InChI is InChI=1S/C37H47N5O9S/c1-8-49-32(44)30(38-31(43)23-22-26-16-11-9-12-17-26)25-27-18-15-19-28(24-27)42(52(47,48)29-20-13-10-14-21-29)41-33(39-34(45)50-36(2,3)4)40-35(46)51-37(5,6)7/h9-21,24,30H,8,22-23,25H2,1-7H3,(H,38,43)(H2,39,40,41,45,46). The molecule has 0 heterocycles. The number of ether oxygens (including phenoxy) is 3. The molecule has 0 aliphatic heterocycles. The lowest BCUT2D eigenvalue weighted by molar-refractivity contribution is -0.147. The molecule has 0 saturated carbocycles. The fourth-order valence-electron chi connectivity index (χ4n) is 4.56. The van der Waals surface area contributed by atoms with Crippen LogP contribution in [0, 0.1) is 0 Å². The van der Waals surface area contributed by atoms with E-state index in [1.54, 1.807) is 60.6 Å². The van der Waals surface area contributed by atoms with E-state index in [0.717, 1.165) is 5.56 Å². The molecule has 0 saturated heterocycles. The number of nitrogens with one attached hydrogen (secondary N) is 3. The van der Waals surface area contributed by atoms with Crippen LogP contribution in [0.15, 0.2) is 94.9 Å². The number of nitrogens with zero attached hydrogens (tertiary/aromatic N) is 2. The molecule has 0 aliphatic rings. The number of hydrazone groups is 1. The minimum absolute atomic E-state index is 0.0335. The quantitative estimate of drug-likeness (QED) is 0.0718. The predicted molar refractivity (Wildman–Crippen MR) is 196 cm³/mol. The summed E-state index contributed by atoms with van der Waals surface area (Å²) in [5, 5.41) is 11.5. The molecule has 3 amide bonds. The number of alkyl carbamates (subject to hydrolysis) is 2. The van der Waals surface area contributed by atoms with Crippen molar-refractivity contribution < 1.29 is 41.8 Å². The number of anilines is 1. The average molecular weight is 738 g/mol. The van der Waals surface area contributed by atoms with Crippen LogP contribution in [0.25, 0.3) is 0 Å². The summed E-state index contributed by atoms with van der Waals surface area (Å²) in [6, 6.07) is 21.8. The van der Waals surface area contributed by atoms with Crippen molar-refractivity contribution in [1.82, 2.24) is 16.0 Å². The fourth-order valence-corrected chi connectivity index (χ4v) is 5.84. The molecular formula is C37H47N5O9S. The van der Waals surface area contributed by atoms with E-state index in [1.807, 2.05) is 30.3 Å². The summed E-state index contributed by atoms with van der Waals surface area (Å²) in [6.45, 7) is 11.5. The first-order valence-electron chi connectivity index (χ1n) is 16.6. The smallest absolute Gasteiger partial charge is 0.414 e. The van der Waals surface area contributed by atoms with Gasteiger partial charge in [0.25, 0.3) is 10.0 Å². The molecule has 14 nitrogen and oxygen atoms in total. The zero-order chi connectivity index (χ0) is 38.5. The SMILES string of the molecule is CCOC(=O)C(Cc1cccc(N(N=C(NC(=O)OC(C)(C)C)NC(=O)OC(C)(C)C)S(=O)(=O)c2ccccc2)c1)NC(=O)CCc1ccccc1. The highest BCUT2D eigenvalue weighted by molar-refractivity contribution is 7.92. The molecule has 1 atom stereocenters. The summed E-state index contributed by atoms with van der Waals surface area (Å²) < 4.78 is 44.8. The van der Waals surface area contributed by atoms with E-state index >= 15 is 0 Å². The Morgan fingerprint density at radius 1 is 0.769 bits per heavy atom. The van der Waals surface area contributed by atoms with Gasteiger partial charge in [0.15, 0.2) is 0 Å². The van der Waals surface area contributed by atoms with Crippen molar-refractivity contribution >= 4 is 45.7 Å². The van der Waals surface area contributed by atoms with E-state index in [2.05, 4.69) is 21.1 Å². The van der Waals surface area contributed by atoms with Crippen LogP contribution >= 0.6 is 0 Å². The van der Waals surface area contributed by atoms with Crippen LogP contribution in [0.1, 0.15) is 66.0 Å². The molecular weight excluding hydrogens is 690 g/mol. The number of sulfonamides is 1. The number of hydrogen-bond donors (Lipinski definition) is 3. The van der Waals surface area contributed by atoms with Crippen molar-refractivity contribution in [2.24, 2.45) is 5.10 Å². The molecule has 0 bridgehead atoms. The molecule has 3 rings (SSSR count). The highest BCUT2D eigenvalue weighted by atomic mass is 32.2. The van der Waals surface area contributed by atoms with Crippen LogP contribution in [0.5, 0.6) is 0 Å². The Bertz CT molecular complexity index is 1790. The molecule has 3 N–H and O–H groups in total. The van der Waals surface area contributed by atoms with Gasteiger partial charge in [-0.2, -0.15) is 12.8 Å². The number of hydrogen-bond acceptors (Lipinski definition) is 10. The molecule has 0 spiro atoms. The van der Waals surface area contributed by atoms with Gasteiger partial charge in [0.2, 0.25) is 11.9 Å². The number of amides is 3. The monoisotopic (exact) mass is 737 g/mol. The van der Waals surface area contributed by atoms with Gasteiger partial charge in [0, 0.05) is 12.8 Å². The zero-order valence-electron chi connectivity index (χ0n) is 30.5. The van der Waals surface area contributed by atoms with Crippen LogP contribution in [0.4, 0.5) is 15.3 Å². The van der Waals surface area contributed by atoms with Crippen LogP contribution in [0.3, 0.4) is 0 Å². The van der Waals surface area contributed by atoms with Crippen LogP contribution < -0.4 is 20.4 Å². The maximum absolute atomic E-state index is 14.2. The predicted octanol–water partition coefficient (Wildman–Crippen LogP) is 5.43. The van der Waals surface area contributed by atoms with Gasteiger partial charge in [-0.05, 0) is 90.3 Å². The summed E-state index contributed by atoms with van der Waals surface area (Å²) >= 11 is 0. The number of esters is 1. The Morgan fingerprint density at radius 3 is 1.85 bits per heavy atom. The topological polar surface area (TPSA) is 182 Å². The van der Waals surface area contributed by atoms with E-state index in [4.69, 9.17) is 14.2 Å². The van der Waals surface area contributed by atoms with Crippen LogP contribution in [-0.4, -0.2) is 62.3 Å². The Kier molecular flexibility index (Phi) is 14.3. The lowest BCUT2D eigenvalue weighted by Crippen LogP contribution is -2.48. The maximum Gasteiger partial charge on any atom is 0.414 e. The third-order valence-corrected chi connectivity index (χ3v) is 8.28. The second kappa shape index (κ2) is 18.2. The van der Waals surface area contributed by atoms with E-state index in [0.29, 0.717) is 16.4 Å². The van der Waals surface area contributed by atoms with E-state index in [1.165, 1.54) is 42.5 Å². The van der Waals surface area contributed by atoms with Gasteiger partial charge in [-0.25, -0.2) is 14.4 Å². The van der Waals surface area contributed by atoms with Crippen LogP contribution in [0.2, 0.25) is 0 Å². The van der Waals surface area contributed by atoms with Crippen molar-refractivity contribution in [2.75, 3.05) is 11.0 Å². The fraction of sp³-hybridized carbons (Fsp3) is 0.378. The second-order valence-electron chi connectivity index (χ2n) is 13.5. The number of carbonyl (C=O) groups is 4. The second-order valence-corrected chi connectivity index (χ2v) is 15.3. The zero-order valence-corrected chi connectivity index (χ0v) is 31.3. The van der Waals surface area contributed by atoms with Gasteiger partial charge in [-0.3, -0.25) is 15.4 Å². The Morgan fingerprint density at radius 2 is 1.31 bits per heavy atom. The number of benzene rings is 3. The summed E-state index contributed by atoms with van der Waals surface area (Å²) in [7, 11) is -4.51. The van der Waals surface area contributed by atoms with Gasteiger partial charge in [-0.15, -0.1) is 5.10 Å². The first kappa shape index (κ1) is 41.0. The largest absolute Gasteiger partial charge is 0.464 e. The van der Waals surface area contributed by atoms with Gasteiger partial charge in [0.1, 0.15) is 17.2 Å².